The highest BCUT2D eigenvalue weighted by molar-refractivity contribution is 5.80. The van der Waals surface area contributed by atoms with Crippen molar-refractivity contribution >= 4 is 17.0 Å². The van der Waals surface area contributed by atoms with E-state index in [0.29, 0.717) is 18.8 Å². The number of benzene rings is 2. The maximum absolute atomic E-state index is 13.8. The van der Waals surface area contributed by atoms with Gasteiger partial charge in [0, 0.05) is 43.4 Å². The third kappa shape index (κ3) is 3.41. The number of aryl methyl sites for hydroxylation is 3. The summed E-state index contributed by atoms with van der Waals surface area (Å²) >= 11 is 0. The molecule has 10 nitrogen and oxygen atoms in total. The largest absolute Gasteiger partial charge is 0.465 e. The maximum Gasteiger partial charge on any atom is 0.407 e. The van der Waals surface area contributed by atoms with Crippen LogP contribution in [0.5, 0.6) is 0 Å². The topological polar surface area (TPSA) is 103 Å². The smallest absolute Gasteiger partial charge is 0.407 e. The Labute approximate surface area is 206 Å². The van der Waals surface area contributed by atoms with Gasteiger partial charge in [0.25, 0.3) is 0 Å². The van der Waals surface area contributed by atoms with Crippen LogP contribution in [0.2, 0.25) is 0 Å². The highest BCUT2D eigenvalue weighted by atomic mass is 16.4. The molecule has 0 fully saturated rings. The van der Waals surface area contributed by atoms with Crippen molar-refractivity contribution in [2.45, 2.75) is 26.8 Å². The van der Waals surface area contributed by atoms with Crippen molar-refractivity contribution in [1.29, 1.82) is 0 Å². The molecule has 2 aromatic carbocycles. The number of carbonyl (C=O) groups is 1. The highest BCUT2D eigenvalue weighted by Gasteiger charge is 2.29. The molecular formula is C26H25N7O3. The number of carboxylic acid groups (broad SMARTS) is 1. The van der Waals surface area contributed by atoms with Gasteiger partial charge in [-0.25, -0.2) is 14.3 Å². The Bertz CT molecular complexity index is 1700. The van der Waals surface area contributed by atoms with E-state index in [9.17, 15) is 14.7 Å². The molecule has 0 atom stereocenters. The van der Waals surface area contributed by atoms with E-state index < -0.39 is 6.09 Å². The number of rotatable bonds is 3. The second kappa shape index (κ2) is 7.98. The second-order valence-electron chi connectivity index (χ2n) is 9.29. The fourth-order valence-corrected chi connectivity index (χ4v) is 5.06. The van der Waals surface area contributed by atoms with E-state index in [0.717, 1.165) is 44.7 Å². The Kier molecular flexibility index (Phi) is 4.85. The van der Waals surface area contributed by atoms with E-state index >= 15 is 0 Å². The minimum absolute atomic E-state index is 0.171. The molecule has 0 unspecified atom stereocenters. The van der Waals surface area contributed by atoms with E-state index in [2.05, 4.69) is 11.2 Å². The number of aromatic nitrogens is 6. The number of fused-ring (bicyclic) bond motifs is 2. The van der Waals surface area contributed by atoms with Gasteiger partial charge < -0.3 is 10.0 Å². The Balaban J connectivity index is 1.55. The van der Waals surface area contributed by atoms with Crippen molar-refractivity contribution in [2.75, 3.05) is 6.54 Å². The van der Waals surface area contributed by atoms with Crippen LogP contribution < -0.4 is 5.69 Å². The summed E-state index contributed by atoms with van der Waals surface area (Å²) in [6.07, 6.45) is 4.71. The summed E-state index contributed by atoms with van der Waals surface area (Å²) in [5.41, 5.74) is 5.95. The molecule has 1 aliphatic heterocycles. The minimum Gasteiger partial charge on any atom is -0.465 e. The highest BCUT2D eigenvalue weighted by Crippen LogP contribution is 2.28. The third-order valence-corrected chi connectivity index (χ3v) is 6.74. The average Bonchev–Trinajstić information content (AvgIpc) is 3.52. The zero-order valence-electron chi connectivity index (χ0n) is 20.2. The molecule has 5 aromatic rings. The molecule has 1 N–H and O–H groups in total. The fraction of sp³-hybridized carbons (Fsp3) is 0.231. The lowest BCUT2D eigenvalue weighted by atomic mass is 10.1. The second-order valence-corrected chi connectivity index (χ2v) is 9.29. The van der Waals surface area contributed by atoms with Crippen molar-refractivity contribution in [3.05, 3.63) is 87.9 Å². The van der Waals surface area contributed by atoms with Crippen LogP contribution >= 0.6 is 0 Å². The molecule has 6 rings (SSSR count). The summed E-state index contributed by atoms with van der Waals surface area (Å²) in [6.45, 7) is 4.57. The van der Waals surface area contributed by atoms with Crippen LogP contribution in [0.15, 0.2) is 59.8 Å². The van der Waals surface area contributed by atoms with Crippen molar-refractivity contribution in [3.8, 4) is 17.2 Å². The molecular weight excluding hydrogens is 458 g/mol. The van der Waals surface area contributed by atoms with Gasteiger partial charge in [0.15, 0.2) is 0 Å². The Hall–Kier alpha value is -4.60. The number of hydrogen-bond donors (Lipinski definition) is 1. The Morgan fingerprint density at radius 1 is 1.00 bits per heavy atom. The number of hydrogen-bond acceptors (Lipinski definition) is 4. The van der Waals surface area contributed by atoms with Crippen LogP contribution in [0.1, 0.15) is 22.4 Å². The van der Waals surface area contributed by atoms with Gasteiger partial charge in [-0.15, -0.1) is 0 Å². The lowest BCUT2D eigenvalue weighted by Crippen LogP contribution is -2.35. The molecule has 4 heterocycles. The normalized spacial score (nSPS) is 13.4. The molecule has 0 bridgehead atoms. The quantitative estimate of drug-likeness (QED) is 0.424. The monoisotopic (exact) mass is 483 g/mol. The lowest BCUT2D eigenvalue weighted by molar-refractivity contribution is 0.140. The summed E-state index contributed by atoms with van der Waals surface area (Å²) in [5, 5.41) is 19.7. The third-order valence-electron chi connectivity index (χ3n) is 6.74. The van der Waals surface area contributed by atoms with Crippen molar-refractivity contribution in [1.82, 2.24) is 33.6 Å². The van der Waals surface area contributed by atoms with Gasteiger partial charge in [-0.2, -0.15) is 10.2 Å². The molecule has 0 aliphatic carbocycles. The summed E-state index contributed by atoms with van der Waals surface area (Å²) < 4.78 is 6.69. The molecule has 0 saturated heterocycles. The van der Waals surface area contributed by atoms with E-state index in [4.69, 9.17) is 5.10 Å². The first-order valence-electron chi connectivity index (χ1n) is 11.7. The SMILES string of the molecule is Cc1cc(C)cc(-n2nc3c(c2-n2ccn(-c4ccc5c(cnn5C)c4)c2=O)CN(C(=O)O)CC3)c1. The van der Waals surface area contributed by atoms with Crippen LogP contribution in [0, 0.1) is 13.8 Å². The van der Waals surface area contributed by atoms with E-state index in [1.165, 1.54) is 4.90 Å². The lowest BCUT2D eigenvalue weighted by Gasteiger charge is -2.23. The molecule has 3 aromatic heterocycles. The average molecular weight is 484 g/mol. The predicted molar refractivity (Wildman–Crippen MR) is 134 cm³/mol. The molecule has 10 heteroatoms. The summed E-state index contributed by atoms with van der Waals surface area (Å²) in [6, 6.07) is 11.9. The first-order chi connectivity index (χ1) is 17.3. The fourth-order valence-electron chi connectivity index (χ4n) is 5.06. The zero-order chi connectivity index (χ0) is 25.1. The van der Waals surface area contributed by atoms with Gasteiger partial charge in [0.05, 0.1) is 35.3 Å². The van der Waals surface area contributed by atoms with E-state index in [-0.39, 0.29) is 12.2 Å². The number of amides is 1. The predicted octanol–water partition coefficient (Wildman–Crippen LogP) is 3.35. The van der Waals surface area contributed by atoms with Crippen molar-refractivity contribution in [3.63, 3.8) is 0 Å². The van der Waals surface area contributed by atoms with Gasteiger partial charge in [-0.3, -0.25) is 13.8 Å². The number of nitrogens with zero attached hydrogens (tertiary/aromatic N) is 7. The van der Waals surface area contributed by atoms with Gasteiger partial charge in [-0.05, 0) is 55.3 Å². The standard InChI is InChI=1S/C26H25N7O3/c1-16-10-17(2)12-20(11-16)33-24(21-15-30(26(35)36)7-6-22(21)28-33)32-9-8-31(25(32)34)19-4-5-23-18(13-19)14-27-29(23)3/h4-5,8-14H,6-7,15H2,1-3H3,(H,35,36). The van der Waals surface area contributed by atoms with Crippen molar-refractivity contribution < 1.29 is 9.90 Å². The van der Waals surface area contributed by atoms with Crippen LogP contribution in [0.25, 0.3) is 28.1 Å². The zero-order valence-corrected chi connectivity index (χ0v) is 20.2. The first-order valence-corrected chi connectivity index (χ1v) is 11.7. The van der Waals surface area contributed by atoms with Gasteiger partial charge in [0.1, 0.15) is 5.82 Å². The van der Waals surface area contributed by atoms with E-state index in [1.54, 1.807) is 37.1 Å². The van der Waals surface area contributed by atoms with Gasteiger partial charge in [0.2, 0.25) is 0 Å². The van der Waals surface area contributed by atoms with Crippen LogP contribution in [-0.2, 0) is 20.0 Å². The maximum atomic E-state index is 13.8. The van der Waals surface area contributed by atoms with E-state index in [1.807, 2.05) is 51.2 Å². The summed E-state index contributed by atoms with van der Waals surface area (Å²) in [7, 11) is 1.88. The minimum atomic E-state index is -0.986. The molecule has 0 radical (unpaired) electrons. The molecule has 1 amide bonds. The van der Waals surface area contributed by atoms with Crippen LogP contribution in [-0.4, -0.2) is 51.3 Å². The summed E-state index contributed by atoms with van der Waals surface area (Å²) in [5.74, 6) is 0.562. The summed E-state index contributed by atoms with van der Waals surface area (Å²) in [4.78, 5) is 26.9. The number of imidazole rings is 1. The molecule has 0 saturated carbocycles. The molecule has 1 aliphatic rings. The molecule has 36 heavy (non-hydrogen) atoms. The Morgan fingerprint density at radius 2 is 1.75 bits per heavy atom. The van der Waals surface area contributed by atoms with Crippen LogP contribution in [0.4, 0.5) is 4.79 Å². The van der Waals surface area contributed by atoms with Gasteiger partial charge >= 0.3 is 11.8 Å². The van der Waals surface area contributed by atoms with Crippen LogP contribution in [0.3, 0.4) is 0 Å². The molecule has 182 valence electrons. The van der Waals surface area contributed by atoms with Gasteiger partial charge in [-0.1, -0.05) is 6.07 Å². The van der Waals surface area contributed by atoms with Crippen molar-refractivity contribution in [2.24, 2.45) is 7.05 Å². The molecule has 0 spiro atoms. The first kappa shape index (κ1) is 21.9. The Morgan fingerprint density at radius 3 is 2.50 bits per heavy atom.